The first-order valence-corrected chi connectivity index (χ1v) is 8.60. The van der Waals surface area contributed by atoms with Crippen LogP contribution in [0, 0.1) is 0 Å². The summed E-state index contributed by atoms with van der Waals surface area (Å²) in [4.78, 5) is 21.8. The number of unbranched alkanes of at least 4 members (excludes halogenated alkanes) is 7. The quantitative estimate of drug-likeness (QED) is 0.265. The zero-order chi connectivity index (χ0) is 17.2. The van der Waals surface area contributed by atoms with E-state index in [0.29, 0.717) is 6.42 Å². The number of hydrogen-bond donors (Lipinski definition) is 1. The first kappa shape index (κ1) is 21.1. The van der Waals surface area contributed by atoms with Crippen molar-refractivity contribution in [2.75, 3.05) is 0 Å². The second-order valence-electron chi connectivity index (χ2n) is 5.52. The van der Waals surface area contributed by atoms with E-state index in [9.17, 15) is 9.59 Å². The molecule has 0 aliphatic carbocycles. The number of aliphatic carboxylic acids is 1. The Labute approximate surface area is 140 Å². The molecule has 0 aromatic heterocycles. The van der Waals surface area contributed by atoms with Gasteiger partial charge in [-0.2, -0.15) is 0 Å². The fraction of sp³-hybridized carbons (Fsp3) is 0.500. The molecule has 0 rings (SSSR count). The SMILES string of the molecule is CCCCCCCCCCC(=O)/C=C/C=C/C=C/C=C/C(=O)O. The van der Waals surface area contributed by atoms with Crippen molar-refractivity contribution in [3.63, 3.8) is 0 Å². The molecule has 0 aliphatic rings. The van der Waals surface area contributed by atoms with Crippen molar-refractivity contribution in [3.05, 3.63) is 48.6 Å². The smallest absolute Gasteiger partial charge is 0.328 e. The van der Waals surface area contributed by atoms with Gasteiger partial charge in [-0.1, -0.05) is 88.3 Å². The van der Waals surface area contributed by atoms with Crippen molar-refractivity contribution >= 4 is 11.8 Å². The highest BCUT2D eigenvalue weighted by Gasteiger charge is 1.96. The van der Waals surface area contributed by atoms with Crippen LogP contribution in [-0.4, -0.2) is 16.9 Å². The van der Waals surface area contributed by atoms with Crippen molar-refractivity contribution in [2.24, 2.45) is 0 Å². The topological polar surface area (TPSA) is 54.4 Å². The van der Waals surface area contributed by atoms with Gasteiger partial charge in [0, 0.05) is 12.5 Å². The van der Waals surface area contributed by atoms with Gasteiger partial charge in [0.15, 0.2) is 5.78 Å². The van der Waals surface area contributed by atoms with Crippen molar-refractivity contribution in [1.29, 1.82) is 0 Å². The van der Waals surface area contributed by atoms with Gasteiger partial charge in [-0.15, -0.1) is 0 Å². The highest BCUT2D eigenvalue weighted by atomic mass is 16.4. The summed E-state index contributed by atoms with van der Waals surface area (Å²) in [6.07, 6.45) is 23.2. The number of carboxylic acids is 1. The van der Waals surface area contributed by atoms with Gasteiger partial charge in [0.1, 0.15) is 0 Å². The van der Waals surface area contributed by atoms with E-state index in [4.69, 9.17) is 5.11 Å². The zero-order valence-corrected chi connectivity index (χ0v) is 14.2. The molecule has 0 fully saturated rings. The van der Waals surface area contributed by atoms with E-state index in [1.807, 2.05) is 0 Å². The number of hydrogen-bond acceptors (Lipinski definition) is 2. The largest absolute Gasteiger partial charge is 0.478 e. The van der Waals surface area contributed by atoms with Crippen LogP contribution in [0.25, 0.3) is 0 Å². The maximum absolute atomic E-state index is 11.6. The molecule has 1 N–H and O–H groups in total. The highest BCUT2D eigenvalue weighted by molar-refractivity contribution is 5.89. The molecule has 0 heterocycles. The summed E-state index contributed by atoms with van der Waals surface area (Å²) in [6, 6.07) is 0. The predicted molar refractivity (Wildman–Crippen MR) is 96.4 cm³/mol. The van der Waals surface area contributed by atoms with E-state index >= 15 is 0 Å². The summed E-state index contributed by atoms with van der Waals surface area (Å²) in [6.45, 7) is 2.22. The molecule has 0 aromatic carbocycles. The molecule has 0 saturated heterocycles. The molecule has 0 aromatic rings. The molecule has 0 amide bonds. The number of carboxylic acid groups (broad SMARTS) is 1. The summed E-state index contributed by atoms with van der Waals surface area (Å²) >= 11 is 0. The number of carbonyl (C=O) groups excluding carboxylic acids is 1. The van der Waals surface area contributed by atoms with Gasteiger partial charge >= 0.3 is 5.97 Å². The lowest BCUT2D eigenvalue weighted by Gasteiger charge is -2.00. The maximum Gasteiger partial charge on any atom is 0.328 e. The number of carbonyl (C=O) groups is 2. The third kappa shape index (κ3) is 18.1. The minimum atomic E-state index is -0.968. The molecule has 128 valence electrons. The molecule has 0 radical (unpaired) electrons. The summed E-state index contributed by atoms with van der Waals surface area (Å²) < 4.78 is 0. The van der Waals surface area contributed by atoms with Crippen molar-refractivity contribution in [3.8, 4) is 0 Å². The summed E-state index contributed by atoms with van der Waals surface area (Å²) in [5.74, 6) is -0.805. The molecule has 3 nitrogen and oxygen atoms in total. The average Bonchev–Trinajstić information content (AvgIpc) is 2.52. The third-order valence-electron chi connectivity index (χ3n) is 3.35. The van der Waals surface area contributed by atoms with Gasteiger partial charge < -0.3 is 5.11 Å². The second kappa shape index (κ2) is 16.5. The summed E-state index contributed by atoms with van der Waals surface area (Å²) in [5.41, 5.74) is 0. The Hall–Kier alpha value is -1.90. The Bertz CT molecular complexity index is 428. The Kier molecular flexibility index (Phi) is 15.1. The van der Waals surface area contributed by atoms with Crippen LogP contribution in [0.2, 0.25) is 0 Å². The fourth-order valence-electron chi connectivity index (χ4n) is 2.07. The summed E-state index contributed by atoms with van der Waals surface area (Å²) in [7, 11) is 0. The average molecular weight is 318 g/mol. The lowest BCUT2D eigenvalue weighted by Crippen LogP contribution is -1.92. The fourth-order valence-corrected chi connectivity index (χ4v) is 2.07. The number of ketones is 1. The van der Waals surface area contributed by atoms with Crippen LogP contribution in [0.3, 0.4) is 0 Å². The van der Waals surface area contributed by atoms with E-state index in [0.717, 1.165) is 18.9 Å². The molecule has 0 unspecified atom stereocenters. The standard InChI is InChI=1S/C20H30O3/c1-2-3-4-5-6-7-10-13-16-19(21)17-14-11-8-9-12-15-18-20(22)23/h8-9,11-12,14-15,17-18H,2-7,10,13,16H2,1H3,(H,22,23)/b11-8+,12-9+,17-14+,18-15+. The van der Waals surface area contributed by atoms with Gasteiger partial charge in [0.05, 0.1) is 0 Å². The molecule has 0 saturated carbocycles. The minimum absolute atomic E-state index is 0.162. The lowest BCUT2D eigenvalue weighted by atomic mass is 10.1. The van der Waals surface area contributed by atoms with E-state index < -0.39 is 5.97 Å². The van der Waals surface area contributed by atoms with Crippen molar-refractivity contribution in [2.45, 2.75) is 64.7 Å². The van der Waals surface area contributed by atoms with Crippen LogP contribution in [0.4, 0.5) is 0 Å². The Morgan fingerprint density at radius 2 is 1.17 bits per heavy atom. The normalized spacial score (nSPS) is 12.2. The van der Waals surface area contributed by atoms with Gasteiger partial charge in [-0.3, -0.25) is 4.79 Å². The van der Waals surface area contributed by atoms with Gasteiger partial charge in [0.2, 0.25) is 0 Å². The lowest BCUT2D eigenvalue weighted by molar-refractivity contribution is -0.131. The van der Waals surface area contributed by atoms with Crippen molar-refractivity contribution in [1.82, 2.24) is 0 Å². The van der Waals surface area contributed by atoms with Crippen molar-refractivity contribution < 1.29 is 14.7 Å². The monoisotopic (exact) mass is 318 g/mol. The van der Waals surface area contributed by atoms with E-state index in [2.05, 4.69) is 6.92 Å². The third-order valence-corrected chi connectivity index (χ3v) is 3.35. The predicted octanol–water partition coefficient (Wildman–Crippen LogP) is 5.40. The van der Waals surface area contributed by atoms with Gasteiger partial charge in [-0.25, -0.2) is 4.79 Å². The maximum atomic E-state index is 11.6. The van der Waals surface area contributed by atoms with E-state index in [-0.39, 0.29) is 5.78 Å². The van der Waals surface area contributed by atoms with Crippen LogP contribution in [0.15, 0.2) is 48.6 Å². The Morgan fingerprint density at radius 3 is 1.74 bits per heavy atom. The Morgan fingerprint density at radius 1 is 0.696 bits per heavy atom. The molecule has 0 atom stereocenters. The van der Waals surface area contributed by atoms with Gasteiger partial charge in [-0.05, 0) is 12.5 Å². The first-order valence-electron chi connectivity index (χ1n) is 8.60. The summed E-state index contributed by atoms with van der Waals surface area (Å²) in [5, 5.41) is 8.38. The second-order valence-corrected chi connectivity index (χ2v) is 5.52. The molecule has 0 bridgehead atoms. The molecular formula is C20H30O3. The molecular weight excluding hydrogens is 288 g/mol. The van der Waals surface area contributed by atoms with Gasteiger partial charge in [0.25, 0.3) is 0 Å². The van der Waals surface area contributed by atoms with E-state index in [1.165, 1.54) is 44.6 Å². The Balaban J connectivity index is 3.60. The van der Waals surface area contributed by atoms with Crippen LogP contribution >= 0.6 is 0 Å². The van der Waals surface area contributed by atoms with Crippen LogP contribution in [0.1, 0.15) is 64.7 Å². The first-order chi connectivity index (χ1) is 11.2. The molecule has 0 spiro atoms. The number of allylic oxidation sites excluding steroid dienone is 7. The number of rotatable bonds is 14. The van der Waals surface area contributed by atoms with E-state index in [1.54, 1.807) is 36.5 Å². The van der Waals surface area contributed by atoms with Crippen LogP contribution in [-0.2, 0) is 9.59 Å². The zero-order valence-electron chi connectivity index (χ0n) is 14.2. The highest BCUT2D eigenvalue weighted by Crippen LogP contribution is 2.09. The molecule has 23 heavy (non-hydrogen) atoms. The molecule has 3 heteroatoms. The van der Waals surface area contributed by atoms with Crippen LogP contribution in [0.5, 0.6) is 0 Å². The molecule has 0 aliphatic heterocycles. The van der Waals surface area contributed by atoms with Crippen LogP contribution < -0.4 is 0 Å². The minimum Gasteiger partial charge on any atom is -0.478 e.